The summed E-state index contributed by atoms with van der Waals surface area (Å²) in [7, 11) is 0. The Bertz CT molecular complexity index is 2760. The Labute approximate surface area is 347 Å². The first-order chi connectivity index (χ1) is 26.7. The monoisotopic (exact) mass is 923 g/mol. The van der Waals surface area contributed by atoms with Gasteiger partial charge in [-0.05, 0) is 105 Å². The average molecular weight is 924 g/mol. The summed E-state index contributed by atoms with van der Waals surface area (Å²) >= 11 is 1.71. The number of pyridine rings is 1. The number of anilines is 6. The molecule has 0 saturated carbocycles. The number of aryl methyl sites for hydroxylation is 6. The molecule has 8 heteroatoms. The number of ether oxygens (including phenoxy) is 1. The van der Waals surface area contributed by atoms with Crippen LogP contribution >= 0.6 is 11.3 Å². The molecular weight excluding hydrogens is 887 g/mol. The van der Waals surface area contributed by atoms with E-state index in [0.717, 1.165) is 54.5 Å². The second-order valence-electron chi connectivity index (χ2n) is 14.9. The maximum Gasteiger partial charge on any atom is 2.00 e. The first-order valence-corrected chi connectivity index (χ1v) is 19.5. The van der Waals surface area contributed by atoms with Crippen molar-refractivity contribution in [3.05, 3.63) is 161 Å². The molecular formula is C48H37BN4OPtS. The molecule has 0 fully saturated rings. The molecule has 2 aromatic heterocycles. The van der Waals surface area contributed by atoms with E-state index >= 15 is 0 Å². The van der Waals surface area contributed by atoms with Crippen molar-refractivity contribution in [2.24, 2.45) is 0 Å². The van der Waals surface area contributed by atoms with Crippen molar-refractivity contribution in [2.45, 2.75) is 41.5 Å². The van der Waals surface area contributed by atoms with Crippen molar-refractivity contribution in [1.82, 2.24) is 9.97 Å². The summed E-state index contributed by atoms with van der Waals surface area (Å²) in [6.45, 7) is 13.0. The zero-order valence-corrected chi connectivity index (χ0v) is 35.1. The van der Waals surface area contributed by atoms with Crippen molar-refractivity contribution in [3.8, 4) is 22.2 Å². The number of thiazole rings is 1. The third-order valence-corrected chi connectivity index (χ3v) is 11.9. The number of aromatic nitrogens is 2. The molecule has 0 unspecified atom stereocenters. The minimum absolute atomic E-state index is 0. The summed E-state index contributed by atoms with van der Waals surface area (Å²) in [5.41, 5.74) is 19.5. The molecule has 0 atom stereocenters. The number of hydrogen-bond acceptors (Lipinski definition) is 6. The normalized spacial score (nSPS) is 12.6. The van der Waals surface area contributed by atoms with Gasteiger partial charge in [-0.3, -0.25) is 4.98 Å². The predicted molar refractivity (Wildman–Crippen MR) is 229 cm³/mol. The fourth-order valence-electron chi connectivity index (χ4n) is 8.96. The van der Waals surface area contributed by atoms with E-state index in [0.29, 0.717) is 11.6 Å². The largest absolute Gasteiger partial charge is 2.00 e. The Balaban J connectivity index is 0.00000410. The van der Waals surface area contributed by atoms with E-state index < -0.39 is 0 Å². The van der Waals surface area contributed by atoms with Crippen LogP contribution in [-0.2, 0) is 21.1 Å². The number of rotatable bonds is 5. The first-order valence-electron chi connectivity index (χ1n) is 18.7. The van der Waals surface area contributed by atoms with Crippen molar-refractivity contribution < 1.29 is 25.8 Å². The summed E-state index contributed by atoms with van der Waals surface area (Å²) in [5.74, 6) is 1.15. The molecule has 0 bridgehead atoms. The summed E-state index contributed by atoms with van der Waals surface area (Å²) < 4.78 is 7.57. The van der Waals surface area contributed by atoms with Gasteiger partial charge in [-0.1, -0.05) is 65.3 Å². The van der Waals surface area contributed by atoms with Gasteiger partial charge in [-0.15, -0.1) is 47.4 Å². The number of benzene rings is 6. The van der Waals surface area contributed by atoms with E-state index in [2.05, 4.69) is 147 Å². The summed E-state index contributed by atoms with van der Waals surface area (Å²) in [6, 6.07) is 46.5. The van der Waals surface area contributed by atoms with Crippen LogP contribution < -0.4 is 30.9 Å². The Hall–Kier alpha value is -5.49. The Kier molecular flexibility index (Phi) is 8.99. The molecule has 0 spiro atoms. The van der Waals surface area contributed by atoms with Crippen molar-refractivity contribution in [1.29, 1.82) is 0 Å². The summed E-state index contributed by atoms with van der Waals surface area (Å²) in [5, 5.41) is 0.956. The van der Waals surface area contributed by atoms with E-state index in [1.807, 2.05) is 30.3 Å². The first kappa shape index (κ1) is 36.2. The molecule has 5 nitrogen and oxygen atoms in total. The molecule has 6 aromatic carbocycles. The summed E-state index contributed by atoms with van der Waals surface area (Å²) in [4.78, 5) is 14.5. The van der Waals surface area contributed by atoms with Gasteiger partial charge >= 0.3 is 21.1 Å². The zero-order valence-electron chi connectivity index (χ0n) is 32.0. The quantitative estimate of drug-likeness (QED) is 0.127. The van der Waals surface area contributed by atoms with Gasteiger partial charge in [-0.2, -0.15) is 16.8 Å². The van der Waals surface area contributed by atoms with E-state index in [9.17, 15) is 0 Å². The zero-order chi connectivity index (χ0) is 37.5. The van der Waals surface area contributed by atoms with Gasteiger partial charge in [0.1, 0.15) is 0 Å². The topological polar surface area (TPSA) is 41.5 Å². The van der Waals surface area contributed by atoms with E-state index in [4.69, 9.17) is 9.72 Å². The van der Waals surface area contributed by atoms with Crippen LogP contribution in [0.1, 0.15) is 33.4 Å². The molecule has 4 heterocycles. The van der Waals surface area contributed by atoms with Crippen LogP contribution in [0.15, 0.2) is 115 Å². The van der Waals surface area contributed by atoms with Gasteiger partial charge in [-0.25, -0.2) is 4.98 Å². The van der Waals surface area contributed by atoms with Gasteiger partial charge in [0.25, 0.3) is 0 Å². The smallest absolute Gasteiger partial charge is 0.466 e. The molecule has 2 aliphatic rings. The Morgan fingerprint density at radius 2 is 1.20 bits per heavy atom. The van der Waals surface area contributed by atoms with Crippen molar-refractivity contribution in [3.63, 3.8) is 0 Å². The van der Waals surface area contributed by atoms with Crippen molar-refractivity contribution >= 4 is 78.8 Å². The second kappa shape index (κ2) is 13.9. The van der Waals surface area contributed by atoms with Crippen LogP contribution in [0.4, 0.5) is 34.1 Å². The molecule has 0 saturated heterocycles. The van der Waals surface area contributed by atoms with Crippen molar-refractivity contribution in [2.75, 3.05) is 9.80 Å². The van der Waals surface area contributed by atoms with Gasteiger partial charge in [0.15, 0.2) is 0 Å². The third-order valence-electron chi connectivity index (χ3n) is 10.9. The van der Waals surface area contributed by atoms with Crippen LogP contribution in [0.5, 0.6) is 11.6 Å². The van der Waals surface area contributed by atoms with E-state index in [1.165, 1.54) is 50.2 Å². The minimum Gasteiger partial charge on any atom is -0.466 e. The van der Waals surface area contributed by atoms with Gasteiger partial charge < -0.3 is 14.5 Å². The van der Waals surface area contributed by atoms with Crippen LogP contribution in [0.2, 0.25) is 0 Å². The molecule has 8 aromatic rings. The molecule has 0 aliphatic carbocycles. The maximum atomic E-state index is 6.41. The standard InChI is InChI=1S/C48H37BN4OS.Pt/c1-28-22-30(3)46(31(4)23-28)52-39-19-17-34(48-51-38-12-7-8-15-43(38)55-48)26-36(39)49-37-27-35(54-44-16-9-10-21-50-44)18-20-40(37)53(42-14-11-13-41(52)45(42)49)47-32(5)24-29(2)25-33(47)6;/h7-25H,1-6H3;/q-2;+2. The Morgan fingerprint density at radius 3 is 1.80 bits per heavy atom. The number of para-hydroxylation sites is 1. The van der Waals surface area contributed by atoms with E-state index in [-0.39, 0.29) is 27.8 Å². The van der Waals surface area contributed by atoms with Crippen LogP contribution in [0.25, 0.3) is 20.8 Å². The number of hydrogen-bond donors (Lipinski definition) is 0. The minimum atomic E-state index is -0.192. The third kappa shape index (κ3) is 5.79. The molecule has 0 amide bonds. The van der Waals surface area contributed by atoms with Crippen LogP contribution in [0, 0.1) is 53.7 Å². The van der Waals surface area contributed by atoms with Gasteiger partial charge in [0.05, 0.1) is 5.52 Å². The van der Waals surface area contributed by atoms with Crippen LogP contribution in [0.3, 0.4) is 0 Å². The fraction of sp³-hybridized carbons (Fsp3) is 0.125. The number of fused-ring (bicyclic) bond motifs is 5. The SMILES string of the molecule is Cc1cc(C)c(N2c3ccc(Oc4ccccn4)[c-]c3B3c4[c-]c(-c5nc6ccccc6s5)ccc4N(c4c(C)cc(C)cc4C)c4cccc2c43)c(C)c1.[Pt+2]. The van der Waals surface area contributed by atoms with E-state index in [1.54, 1.807) is 17.5 Å². The molecule has 0 radical (unpaired) electrons. The average Bonchev–Trinajstić information content (AvgIpc) is 3.61. The molecule has 56 heavy (non-hydrogen) atoms. The molecule has 10 rings (SSSR count). The predicted octanol–water partition coefficient (Wildman–Crippen LogP) is 10.7. The fourth-order valence-corrected chi connectivity index (χ4v) is 9.91. The van der Waals surface area contributed by atoms with Gasteiger partial charge in [0.2, 0.25) is 12.6 Å². The Morgan fingerprint density at radius 1 is 0.607 bits per heavy atom. The molecule has 274 valence electrons. The molecule has 2 aliphatic heterocycles. The van der Waals surface area contributed by atoms with Crippen LogP contribution in [-0.4, -0.2) is 16.7 Å². The second-order valence-corrected chi connectivity index (χ2v) is 15.9. The maximum absolute atomic E-state index is 6.41. The van der Waals surface area contributed by atoms with Gasteiger partial charge in [0, 0.05) is 50.5 Å². The number of nitrogens with zero attached hydrogens (tertiary/aromatic N) is 4. The molecule has 0 N–H and O–H groups in total. The summed E-state index contributed by atoms with van der Waals surface area (Å²) in [6.07, 6.45) is 1.75.